The molecule has 2 bridgehead atoms. The van der Waals surface area contributed by atoms with E-state index >= 15 is 0 Å². The monoisotopic (exact) mass is 267 g/mol. The molecule has 2 fully saturated rings. The third-order valence-corrected chi connectivity index (χ3v) is 5.10. The van der Waals surface area contributed by atoms with Gasteiger partial charge in [0.2, 0.25) is 0 Å². The van der Waals surface area contributed by atoms with Gasteiger partial charge in [-0.1, -0.05) is 20.8 Å². The molecule has 19 heavy (non-hydrogen) atoms. The second-order valence-electron chi connectivity index (χ2n) is 6.95. The Labute approximate surface area is 119 Å². The first-order valence-corrected chi connectivity index (χ1v) is 8.28. The zero-order valence-electron chi connectivity index (χ0n) is 13.4. The van der Waals surface area contributed by atoms with Gasteiger partial charge in [0.25, 0.3) is 0 Å². The van der Waals surface area contributed by atoms with Crippen LogP contribution in [0.25, 0.3) is 0 Å². The zero-order chi connectivity index (χ0) is 13.8. The Hall–Kier alpha value is -0.120. The maximum atomic E-state index is 3.65. The van der Waals surface area contributed by atoms with Crippen LogP contribution < -0.4 is 5.32 Å². The summed E-state index contributed by atoms with van der Waals surface area (Å²) in [7, 11) is 2.34. The summed E-state index contributed by atoms with van der Waals surface area (Å²) in [6.45, 7) is 11.8. The van der Waals surface area contributed by atoms with E-state index in [0.29, 0.717) is 0 Å². The molecular weight excluding hydrogens is 234 g/mol. The van der Waals surface area contributed by atoms with Crippen molar-refractivity contribution in [1.29, 1.82) is 0 Å². The zero-order valence-corrected chi connectivity index (χ0v) is 13.4. The Balaban J connectivity index is 1.84. The van der Waals surface area contributed by atoms with E-state index < -0.39 is 0 Å². The Bertz CT molecular complexity index is 267. The molecule has 112 valence electrons. The summed E-state index contributed by atoms with van der Waals surface area (Å²) in [6, 6.07) is 2.40. The summed E-state index contributed by atoms with van der Waals surface area (Å²) in [5.74, 6) is 0.754. The maximum Gasteiger partial charge on any atom is 0.0223 e. The van der Waals surface area contributed by atoms with Crippen LogP contribution in [0.5, 0.6) is 0 Å². The van der Waals surface area contributed by atoms with Crippen molar-refractivity contribution in [2.75, 3.05) is 33.2 Å². The maximum absolute atomic E-state index is 3.65. The summed E-state index contributed by atoms with van der Waals surface area (Å²) in [5.41, 5.74) is 0. The normalized spacial score (nSPS) is 30.8. The van der Waals surface area contributed by atoms with E-state index in [9.17, 15) is 0 Å². The number of rotatable bonds is 6. The average molecular weight is 267 g/mol. The van der Waals surface area contributed by atoms with Gasteiger partial charge in [-0.15, -0.1) is 0 Å². The minimum atomic E-state index is 0.728. The molecule has 0 spiro atoms. The van der Waals surface area contributed by atoms with E-state index in [1.807, 2.05) is 0 Å². The molecule has 0 aromatic heterocycles. The van der Waals surface area contributed by atoms with Crippen LogP contribution in [0, 0.1) is 5.92 Å². The molecule has 3 heteroatoms. The van der Waals surface area contributed by atoms with Gasteiger partial charge >= 0.3 is 0 Å². The molecule has 1 N–H and O–H groups in total. The molecular formula is C16H33N3. The fourth-order valence-corrected chi connectivity index (χ4v) is 3.74. The highest BCUT2D eigenvalue weighted by Gasteiger charge is 2.35. The van der Waals surface area contributed by atoms with Crippen LogP contribution in [0.15, 0.2) is 0 Å². The van der Waals surface area contributed by atoms with Crippen LogP contribution in [0.1, 0.15) is 46.5 Å². The molecule has 2 aliphatic heterocycles. The van der Waals surface area contributed by atoms with E-state index in [-0.39, 0.29) is 0 Å². The highest BCUT2D eigenvalue weighted by molar-refractivity contribution is 4.92. The lowest BCUT2D eigenvalue weighted by molar-refractivity contribution is 0.163. The topological polar surface area (TPSA) is 18.5 Å². The van der Waals surface area contributed by atoms with Gasteiger partial charge in [-0.05, 0) is 45.2 Å². The second-order valence-corrected chi connectivity index (χ2v) is 6.95. The van der Waals surface area contributed by atoms with Crippen molar-refractivity contribution in [1.82, 2.24) is 15.1 Å². The highest BCUT2D eigenvalue weighted by Crippen LogP contribution is 2.29. The standard InChI is InChI=1S/C16H33N3/c1-5-14(11-17-10-13(2)3)19-9-8-15-6-7-16(12-19)18(15)4/h13-17H,5-12H2,1-4H3. The van der Waals surface area contributed by atoms with E-state index in [1.54, 1.807) is 0 Å². The number of likely N-dealkylation sites (tertiary alicyclic amines) is 1. The number of fused-ring (bicyclic) bond motifs is 2. The van der Waals surface area contributed by atoms with Gasteiger partial charge in [0.15, 0.2) is 0 Å². The quantitative estimate of drug-likeness (QED) is 0.796. The van der Waals surface area contributed by atoms with Crippen LogP contribution in [-0.4, -0.2) is 61.2 Å². The fourth-order valence-electron chi connectivity index (χ4n) is 3.74. The van der Waals surface area contributed by atoms with Gasteiger partial charge in [0.05, 0.1) is 0 Å². The van der Waals surface area contributed by atoms with Crippen molar-refractivity contribution < 1.29 is 0 Å². The average Bonchev–Trinajstić information content (AvgIpc) is 2.60. The summed E-state index contributed by atoms with van der Waals surface area (Å²) in [6.07, 6.45) is 5.48. The van der Waals surface area contributed by atoms with Crippen LogP contribution in [-0.2, 0) is 0 Å². The number of nitrogens with one attached hydrogen (secondary N) is 1. The van der Waals surface area contributed by atoms with Crippen molar-refractivity contribution in [3.63, 3.8) is 0 Å². The number of hydrogen-bond donors (Lipinski definition) is 1. The summed E-state index contributed by atoms with van der Waals surface area (Å²) < 4.78 is 0. The lowest BCUT2D eigenvalue weighted by atomic mass is 10.1. The van der Waals surface area contributed by atoms with E-state index in [0.717, 1.165) is 37.1 Å². The second kappa shape index (κ2) is 7.05. The first-order valence-electron chi connectivity index (χ1n) is 8.28. The molecule has 0 aromatic rings. The molecule has 2 rings (SSSR count). The minimum absolute atomic E-state index is 0.728. The molecule has 0 amide bonds. The third-order valence-electron chi connectivity index (χ3n) is 5.10. The van der Waals surface area contributed by atoms with E-state index in [2.05, 4.69) is 42.9 Å². The van der Waals surface area contributed by atoms with Crippen LogP contribution in [0.2, 0.25) is 0 Å². The predicted molar refractivity (Wildman–Crippen MR) is 82.5 cm³/mol. The number of hydrogen-bond acceptors (Lipinski definition) is 3. The summed E-state index contributed by atoms with van der Waals surface area (Å²) in [5, 5.41) is 3.65. The van der Waals surface area contributed by atoms with Gasteiger partial charge in [0.1, 0.15) is 0 Å². The van der Waals surface area contributed by atoms with Crippen molar-refractivity contribution in [3.05, 3.63) is 0 Å². The smallest absolute Gasteiger partial charge is 0.0223 e. The van der Waals surface area contributed by atoms with Crippen molar-refractivity contribution in [2.45, 2.75) is 64.6 Å². The SMILES string of the molecule is CCC(CNCC(C)C)N1CCC2CCC(C1)N2C. The van der Waals surface area contributed by atoms with E-state index in [1.165, 1.54) is 38.8 Å². The molecule has 2 aliphatic rings. The van der Waals surface area contributed by atoms with Crippen LogP contribution in [0.4, 0.5) is 0 Å². The molecule has 0 aromatic carbocycles. The molecule has 3 unspecified atom stereocenters. The minimum Gasteiger partial charge on any atom is -0.315 e. The predicted octanol–water partition coefficient (Wildman–Crippen LogP) is 2.18. The van der Waals surface area contributed by atoms with Gasteiger partial charge in [-0.2, -0.15) is 0 Å². The lowest BCUT2D eigenvalue weighted by Gasteiger charge is -2.33. The first kappa shape index (κ1) is 15.3. The molecule has 2 saturated heterocycles. The van der Waals surface area contributed by atoms with Crippen molar-refractivity contribution in [3.8, 4) is 0 Å². The van der Waals surface area contributed by atoms with Crippen molar-refractivity contribution in [2.24, 2.45) is 5.92 Å². The highest BCUT2D eigenvalue weighted by atomic mass is 15.3. The number of nitrogens with zero attached hydrogens (tertiary/aromatic N) is 2. The molecule has 0 radical (unpaired) electrons. The molecule has 3 nitrogen and oxygen atoms in total. The molecule has 2 heterocycles. The fraction of sp³-hybridized carbons (Fsp3) is 1.00. The number of likely N-dealkylation sites (N-methyl/N-ethyl adjacent to an activating group) is 1. The Morgan fingerprint density at radius 1 is 1.11 bits per heavy atom. The Morgan fingerprint density at radius 3 is 2.53 bits per heavy atom. The lowest BCUT2D eigenvalue weighted by Crippen LogP contribution is -2.46. The van der Waals surface area contributed by atoms with E-state index in [4.69, 9.17) is 0 Å². The Kier molecular flexibility index (Phi) is 5.67. The van der Waals surface area contributed by atoms with Crippen LogP contribution >= 0.6 is 0 Å². The largest absolute Gasteiger partial charge is 0.315 e. The third kappa shape index (κ3) is 3.93. The molecule has 0 aliphatic carbocycles. The van der Waals surface area contributed by atoms with Gasteiger partial charge in [-0.25, -0.2) is 0 Å². The molecule has 0 saturated carbocycles. The Morgan fingerprint density at radius 2 is 1.84 bits per heavy atom. The van der Waals surface area contributed by atoms with Gasteiger partial charge < -0.3 is 5.32 Å². The summed E-state index contributed by atoms with van der Waals surface area (Å²) >= 11 is 0. The summed E-state index contributed by atoms with van der Waals surface area (Å²) in [4.78, 5) is 5.40. The van der Waals surface area contributed by atoms with Crippen molar-refractivity contribution >= 4 is 0 Å². The van der Waals surface area contributed by atoms with Gasteiger partial charge in [-0.3, -0.25) is 9.80 Å². The first-order chi connectivity index (χ1) is 9.11. The molecule has 3 atom stereocenters. The van der Waals surface area contributed by atoms with Gasteiger partial charge in [0, 0.05) is 37.8 Å². The van der Waals surface area contributed by atoms with Crippen LogP contribution in [0.3, 0.4) is 0 Å².